The first kappa shape index (κ1) is 15.3. The number of hydrogen-bond acceptors (Lipinski definition) is 3. The summed E-state index contributed by atoms with van der Waals surface area (Å²) >= 11 is 0. The Labute approximate surface area is 123 Å². The van der Waals surface area contributed by atoms with Gasteiger partial charge < -0.3 is 5.73 Å². The third-order valence-electron chi connectivity index (χ3n) is 2.95. The van der Waals surface area contributed by atoms with Crippen LogP contribution in [0.2, 0.25) is 0 Å². The highest BCUT2D eigenvalue weighted by molar-refractivity contribution is 7.92. The summed E-state index contributed by atoms with van der Waals surface area (Å²) in [6, 6.07) is 10.3. The number of nitrogens with two attached hydrogens (primary N) is 1. The van der Waals surface area contributed by atoms with Crippen molar-refractivity contribution in [3.63, 3.8) is 0 Å². The lowest BCUT2D eigenvalue weighted by Gasteiger charge is -2.09. The van der Waals surface area contributed by atoms with E-state index >= 15 is 0 Å². The van der Waals surface area contributed by atoms with Crippen LogP contribution in [0.4, 0.5) is 15.8 Å². The molecule has 112 valence electrons. The molecule has 21 heavy (non-hydrogen) atoms. The van der Waals surface area contributed by atoms with Gasteiger partial charge in [-0.3, -0.25) is 4.72 Å². The summed E-state index contributed by atoms with van der Waals surface area (Å²) in [7, 11) is -3.85. The number of anilines is 2. The molecule has 0 saturated heterocycles. The van der Waals surface area contributed by atoms with Crippen LogP contribution in [0, 0.1) is 5.82 Å². The molecular formula is C15H17FN2O2S. The van der Waals surface area contributed by atoms with E-state index in [1.807, 2.05) is 12.1 Å². The van der Waals surface area contributed by atoms with Gasteiger partial charge in [-0.2, -0.15) is 0 Å². The zero-order valence-corrected chi connectivity index (χ0v) is 12.5. The maximum Gasteiger partial charge on any atom is 0.262 e. The molecule has 0 radical (unpaired) electrons. The van der Waals surface area contributed by atoms with E-state index < -0.39 is 15.8 Å². The fraction of sp³-hybridized carbons (Fsp3) is 0.200. The minimum atomic E-state index is -3.85. The minimum absolute atomic E-state index is 0.0636. The number of halogens is 1. The normalized spacial score (nSPS) is 11.3. The Morgan fingerprint density at radius 3 is 2.38 bits per heavy atom. The van der Waals surface area contributed by atoms with Crippen LogP contribution in [0.1, 0.15) is 18.9 Å². The van der Waals surface area contributed by atoms with Gasteiger partial charge in [-0.15, -0.1) is 0 Å². The average Bonchev–Trinajstić information content (AvgIpc) is 2.40. The van der Waals surface area contributed by atoms with Gasteiger partial charge in [-0.25, -0.2) is 12.8 Å². The Hall–Kier alpha value is -2.08. The molecule has 0 unspecified atom stereocenters. The van der Waals surface area contributed by atoms with E-state index in [9.17, 15) is 12.8 Å². The van der Waals surface area contributed by atoms with E-state index in [4.69, 9.17) is 5.73 Å². The summed E-state index contributed by atoms with van der Waals surface area (Å²) in [6.07, 6.45) is 1.96. The SMILES string of the molecule is CCCc1ccc(NS(=O)(=O)c2cc(N)cc(F)c2)cc1. The Balaban J connectivity index is 2.24. The molecule has 0 fully saturated rings. The molecule has 0 bridgehead atoms. The van der Waals surface area contributed by atoms with Crippen LogP contribution in [-0.4, -0.2) is 8.42 Å². The number of benzene rings is 2. The quantitative estimate of drug-likeness (QED) is 0.833. The monoisotopic (exact) mass is 308 g/mol. The Morgan fingerprint density at radius 1 is 1.14 bits per heavy atom. The summed E-state index contributed by atoms with van der Waals surface area (Å²) in [6.45, 7) is 2.07. The van der Waals surface area contributed by atoms with Crippen LogP contribution in [0.25, 0.3) is 0 Å². The summed E-state index contributed by atoms with van der Waals surface area (Å²) in [5.74, 6) is -0.686. The molecule has 2 aromatic carbocycles. The predicted octanol–water partition coefficient (Wildman–Crippen LogP) is 3.16. The first-order chi connectivity index (χ1) is 9.90. The van der Waals surface area contributed by atoms with Crippen molar-refractivity contribution in [2.45, 2.75) is 24.7 Å². The molecule has 0 aliphatic rings. The molecule has 0 aliphatic heterocycles. The number of rotatable bonds is 5. The van der Waals surface area contributed by atoms with Crippen molar-refractivity contribution >= 4 is 21.4 Å². The van der Waals surface area contributed by atoms with Crippen LogP contribution in [-0.2, 0) is 16.4 Å². The fourth-order valence-electron chi connectivity index (χ4n) is 1.98. The molecule has 0 saturated carbocycles. The lowest BCUT2D eigenvalue weighted by molar-refractivity contribution is 0.595. The van der Waals surface area contributed by atoms with Gasteiger partial charge >= 0.3 is 0 Å². The largest absolute Gasteiger partial charge is 0.399 e. The molecule has 0 aromatic heterocycles. The molecule has 0 heterocycles. The molecule has 4 nitrogen and oxygen atoms in total. The predicted molar refractivity (Wildman–Crippen MR) is 82.1 cm³/mol. The third kappa shape index (κ3) is 3.95. The minimum Gasteiger partial charge on any atom is -0.399 e. The maximum absolute atomic E-state index is 13.3. The second kappa shape index (κ2) is 6.13. The van der Waals surface area contributed by atoms with Crippen LogP contribution in [0.5, 0.6) is 0 Å². The smallest absolute Gasteiger partial charge is 0.262 e. The van der Waals surface area contributed by atoms with Gasteiger partial charge in [-0.1, -0.05) is 25.5 Å². The first-order valence-corrected chi connectivity index (χ1v) is 8.07. The zero-order valence-electron chi connectivity index (χ0n) is 11.6. The van der Waals surface area contributed by atoms with Crippen LogP contribution >= 0.6 is 0 Å². The van der Waals surface area contributed by atoms with Gasteiger partial charge in [0.1, 0.15) is 5.82 Å². The summed E-state index contributed by atoms with van der Waals surface area (Å²) < 4.78 is 40.0. The van der Waals surface area contributed by atoms with Crippen molar-refractivity contribution in [2.75, 3.05) is 10.5 Å². The highest BCUT2D eigenvalue weighted by atomic mass is 32.2. The first-order valence-electron chi connectivity index (χ1n) is 6.58. The Kier molecular flexibility index (Phi) is 4.47. The van der Waals surface area contributed by atoms with Crippen molar-refractivity contribution in [2.24, 2.45) is 0 Å². The van der Waals surface area contributed by atoms with Crippen molar-refractivity contribution in [1.82, 2.24) is 0 Å². The van der Waals surface area contributed by atoms with Gasteiger partial charge in [0.2, 0.25) is 0 Å². The van der Waals surface area contributed by atoms with Gasteiger partial charge in [0.05, 0.1) is 4.90 Å². The van der Waals surface area contributed by atoms with E-state index in [0.29, 0.717) is 5.69 Å². The molecule has 0 aliphatic carbocycles. The van der Waals surface area contributed by atoms with Gasteiger partial charge in [0.15, 0.2) is 0 Å². The second-order valence-corrected chi connectivity index (χ2v) is 6.46. The maximum atomic E-state index is 13.3. The van der Waals surface area contributed by atoms with Crippen LogP contribution in [0.15, 0.2) is 47.4 Å². The lowest BCUT2D eigenvalue weighted by Crippen LogP contribution is -2.13. The molecule has 2 aromatic rings. The highest BCUT2D eigenvalue weighted by Crippen LogP contribution is 2.20. The van der Waals surface area contributed by atoms with Crippen molar-refractivity contribution in [3.05, 3.63) is 53.8 Å². The standard InChI is InChI=1S/C15H17FN2O2S/c1-2-3-11-4-6-14(7-5-11)18-21(19,20)15-9-12(16)8-13(17)10-15/h4-10,18H,2-3,17H2,1H3. The van der Waals surface area contributed by atoms with Crippen LogP contribution in [0.3, 0.4) is 0 Å². The molecule has 3 N–H and O–H groups in total. The molecule has 0 spiro atoms. The number of sulfonamides is 1. The lowest BCUT2D eigenvalue weighted by atomic mass is 10.1. The number of hydrogen-bond donors (Lipinski definition) is 2. The zero-order chi connectivity index (χ0) is 15.5. The van der Waals surface area contributed by atoms with E-state index in [1.165, 1.54) is 6.07 Å². The van der Waals surface area contributed by atoms with E-state index in [2.05, 4.69) is 11.6 Å². The van der Waals surface area contributed by atoms with E-state index in [0.717, 1.165) is 30.5 Å². The van der Waals surface area contributed by atoms with Gasteiger partial charge in [0.25, 0.3) is 10.0 Å². The molecular weight excluding hydrogens is 291 g/mol. The molecule has 0 atom stereocenters. The van der Waals surface area contributed by atoms with Crippen molar-refractivity contribution < 1.29 is 12.8 Å². The number of aryl methyl sites for hydroxylation is 1. The van der Waals surface area contributed by atoms with Gasteiger partial charge in [0, 0.05) is 11.4 Å². The summed E-state index contributed by atoms with van der Waals surface area (Å²) in [4.78, 5) is -0.197. The molecule has 0 amide bonds. The number of nitrogens with one attached hydrogen (secondary N) is 1. The van der Waals surface area contributed by atoms with Crippen LogP contribution < -0.4 is 10.5 Å². The topological polar surface area (TPSA) is 72.2 Å². The number of nitrogen functional groups attached to an aromatic ring is 1. The fourth-order valence-corrected chi connectivity index (χ4v) is 3.10. The van der Waals surface area contributed by atoms with Crippen molar-refractivity contribution in [1.29, 1.82) is 0 Å². The molecule has 2 rings (SSSR count). The van der Waals surface area contributed by atoms with Gasteiger partial charge in [-0.05, 0) is 42.3 Å². The van der Waals surface area contributed by atoms with E-state index in [1.54, 1.807) is 12.1 Å². The molecule has 6 heteroatoms. The summed E-state index contributed by atoms with van der Waals surface area (Å²) in [5.41, 5.74) is 7.10. The third-order valence-corrected chi connectivity index (χ3v) is 4.31. The highest BCUT2D eigenvalue weighted by Gasteiger charge is 2.16. The van der Waals surface area contributed by atoms with E-state index in [-0.39, 0.29) is 10.6 Å². The Morgan fingerprint density at radius 2 is 1.81 bits per heavy atom. The Bertz CT molecular complexity index is 708. The summed E-state index contributed by atoms with van der Waals surface area (Å²) in [5, 5.41) is 0. The average molecular weight is 308 g/mol. The second-order valence-electron chi connectivity index (χ2n) is 4.77. The van der Waals surface area contributed by atoms with Crippen molar-refractivity contribution in [3.8, 4) is 0 Å².